The lowest BCUT2D eigenvalue weighted by Gasteiger charge is -2.08. The average molecular weight is 215 g/mol. The normalized spacial score (nSPS) is 11.1. The molecule has 1 atom stereocenters. The second-order valence-corrected chi connectivity index (χ2v) is 2.75. The third kappa shape index (κ3) is 3.13. The average Bonchev–Trinajstić information content (AvgIpc) is 2.03. The van der Waals surface area contributed by atoms with Crippen LogP contribution >= 0.6 is 12.4 Å². The number of aromatic hydroxyl groups is 2. The highest BCUT2D eigenvalue weighted by atomic mass is 35.5. The quantitative estimate of drug-likeness (QED) is 0.695. The smallest absolute Gasteiger partial charge is 0.119 e. The van der Waals surface area contributed by atoms with Gasteiger partial charge in [0.15, 0.2) is 0 Å². The Labute approximate surface area is 88.0 Å². The van der Waals surface area contributed by atoms with Gasteiger partial charge in [-0.05, 0) is 17.7 Å². The Bertz CT molecular complexity index is 329. The first-order valence-corrected chi connectivity index (χ1v) is 3.79. The van der Waals surface area contributed by atoms with Crippen molar-refractivity contribution >= 4 is 12.4 Å². The molecule has 1 aromatic carbocycles. The molecule has 0 saturated heterocycles. The summed E-state index contributed by atoms with van der Waals surface area (Å²) >= 11 is 0. The number of phenolic OH excluding ortho intramolecular Hbond substituents is 2. The second kappa shape index (κ2) is 5.32. The van der Waals surface area contributed by atoms with E-state index in [1.54, 1.807) is 0 Å². The van der Waals surface area contributed by atoms with Crippen LogP contribution in [0.15, 0.2) is 18.2 Å². The van der Waals surface area contributed by atoms with Gasteiger partial charge in [0.1, 0.15) is 11.5 Å². The van der Waals surface area contributed by atoms with E-state index in [0.717, 1.165) is 0 Å². The Morgan fingerprint density at radius 1 is 1.29 bits per heavy atom. The fourth-order valence-corrected chi connectivity index (χ4v) is 1.05. The van der Waals surface area contributed by atoms with E-state index in [1.165, 1.54) is 18.2 Å². The number of rotatable bonds is 2. The van der Waals surface area contributed by atoms with E-state index in [0.29, 0.717) is 5.56 Å². The molecule has 0 aromatic heterocycles. The predicted molar refractivity (Wildman–Crippen MR) is 54.2 cm³/mol. The molecule has 0 amide bonds. The molecule has 0 aliphatic rings. The Morgan fingerprint density at radius 3 is 2.21 bits per heavy atom. The van der Waals surface area contributed by atoms with Crippen molar-refractivity contribution in [1.82, 2.24) is 0 Å². The van der Waals surface area contributed by atoms with Crippen molar-refractivity contribution in [3.8, 4) is 17.6 Å². The highest BCUT2D eigenvalue weighted by molar-refractivity contribution is 5.85. The summed E-state index contributed by atoms with van der Waals surface area (Å²) < 4.78 is 0. The van der Waals surface area contributed by atoms with Gasteiger partial charge in [0.25, 0.3) is 0 Å². The fraction of sp³-hybridized carbons (Fsp3) is 0.222. The van der Waals surface area contributed by atoms with E-state index >= 15 is 0 Å². The number of nitrogens with two attached hydrogens (primary N) is 1. The first-order valence-electron chi connectivity index (χ1n) is 3.79. The molecule has 4 N–H and O–H groups in total. The summed E-state index contributed by atoms with van der Waals surface area (Å²) in [6, 6.07) is 5.52. The molecule has 0 aliphatic carbocycles. The summed E-state index contributed by atoms with van der Waals surface area (Å²) in [6.45, 7) is 0. The van der Waals surface area contributed by atoms with Crippen LogP contribution in [0.1, 0.15) is 18.0 Å². The fourth-order valence-electron chi connectivity index (χ4n) is 1.05. The molecular formula is C9H11ClN2O2. The predicted octanol–water partition coefficient (Wildman–Crippen LogP) is 1.43. The minimum Gasteiger partial charge on any atom is -0.508 e. The largest absolute Gasteiger partial charge is 0.508 e. The van der Waals surface area contributed by atoms with Gasteiger partial charge in [0.05, 0.1) is 12.5 Å². The van der Waals surface area contributed by atoms with Gasteiger partial charge in [-0.15, -0.1) is 12.4 Å². The van der Waals surface area contributed by atoms with Crippen molar-refractivity contribution in [3.63, 3.8) is 0 Å². The Hall–Kier alpha value is -1.44. The number of nitrogens with zero attached hydrogens (tertiary/aromatic N) is 1. The summed E-state index contributed by atoms with van der Waals surface area (Å²) in [6.07, 6.45) is 0.156. The van der Waals surface area contributed by atoms with Crippen LogP contribution in [0.2, 0.25) is 0 Å². The number of halogens is 1. The monoisotopic (exact) mass is 214 g/mol. The molecule has 0 saturated carbocycles. The van der Waals surface area contributed by atoms with Gasteiger partial charge < -0.3 is 15.9 Å². The topological polar surface area (TPSA) is 90.3 Å². The maximum atomic E-state index is 9.11. The van der Waals surface area contributed by atoms with Gasteiger partial charge in [-0.25, -0.2) is 0 Å². The molecule has 0 radical (unpaired) electrons. The number of hydrogen-bond acceptors (Lipinski definition) is 4. The zero-order chi connectivity index (χ0) is 9.84. The van der Waals surface area contributed by atoms with E-state index in [2.05, 4.69) is 0 Å². The number of benzene rings is 1. The van der Waals surface area contributed by atoms with E-state index in [1.807, 2.05) is 6.07 Å². The molecule has 0 bridgehead atoms. The van der Waals surface area contributed by atoms with E-state index in [-0.39, 0.29) is 30.3 Å². The first kappa shape index (κ1) is 12.6. The highest BCUT2D eigenvalue weighted by Gasteiger charge is 2.07. The summed E-state index contributed by atoms with van der Waals surface area (Å²) in [5.41, 5.74) is 6.15. The van der Waals surface area contributed by atoms with E-state index < -0.39 is 6.04 Å². The van der Waals surface area contributed by atoms with Crippen molar-refractivity contribution in [1.29, 1.82) is 5.26 Å². The lowest BCUT2D eigenvalue weighted by atomic mass is 10.0. The molecule has 0 fully saturated rings. The summed E-state index contributed by atoms with van der Waals surface area (Å²) in [4.78, 5) is 0. The van der Waals surface area contributed by atoms with Gasteiger partial charge in [0, 0.05) is 12.1 Å². The zero-order valence-corrected chi connectivity index (χ0v) is 8.16. The Kier molecular flexibility index (Phi) is 4.78. The number of phenols is 2. The van der Waals surface area contributed by atoms with E-state index in [9.17, 15) is 0 Å². The summed E-state index contributed by atoms with van der Waals surface area (Å²) in [5, 5.41) is 26.6. The molecule has 5 heteroatoms. The van der Waals surface area contributed by atoms with Gasteiger partial charge >= 0.3 is 0 Å². The minimum atomic E-state index is -0.469. The minimum absolute atomic E-state index is 0. The SMILES string of the molecule is Cl.N#CC[C@@H](N)c1cc(O)cc(O)c1. The zero-order valence-electron chi connectivity index (χ0n) is 7.34. The van der Waals surface area contributed by atoms with Crippen molar-refractivity contribution in [2.24, 2.45) is 5.73 Å². The maximum Gasteiger partial charge on any atom is 0.119 e. The summed E-state index contributed by atoms with van der Waals surface area (Å²) in [5.74, 6) is -0.105. The number of hydrogen-bond donors (Lipinski definition) is 3. The van der Waals surface area contributed by atoms with E-state index in [4.69, 9.17) is 21.2 Å². The van der Waals surface area contributed by atoms with Gasteiger partial charge in [-0.1, -0.05) is 0 Å². The maximum absolute atomic E-state index is 9.11. The van der Waals surface area contributed by atoms with Crippen LogP contribution in [0.25, 0.3) is 0 Å². The van der Waals surface area contributed by atoms with Gasteiger partial charge in [0.2, 0.25) is 0 Å². The van der Waals surface area contributed by atoms with Crippen molar-refractivity contribution < 1.29 is 10.2 Å². The third-order valence-electron chi connectivity index (χ3n) is 1.66. The van der Waals surface area contributed by atoms with Gasteiger partial charge in [-0.3, -0.25) is 0 Å². The molecule has 0 spiro atoms. The van der Waals surface area contributed by atoms with Crippen LogP contribution in [0.3, 0.4) is 0 Å². The standard InChI is InChI=1S/C9H10N2O2.ClH/c10-2-1-9(11)6-3-7(12)5-8(13)4-6;/h3-5,9,12-13H,1,11H2;1H/t9-;/m1./s1. The van der Waals surface area contributed by atoms with Crippen molar-refractivity contribution in [2.75, 3.05) is 0 Å². The molecule has 1 rings (SSSR count). The van der Waals surface area contributed by atoms with Crippen LogP contribution in [0.4, 0.5) is 0 Å². The van der Waals surface area contributed by atoms with Crippen molar-refractivity contribution in [2.45, 2.75) is 12.5 Å². The first-order chi connectivity index (χ1) is 6.13. The molecule has 4 nitrogen and oxygen atoms in total. The molecule has 1 aromatic rings. The molecule has 0 aliphatic heterocycles. The number of nitriles is 1. The van der Waals surface area contributed by atoms with Crippen LogP contribution in [-0.4, -0.2) is 10.2 Å². The molecule has 14 heavy (non-hydrogen) atoms. The van der Waals surface area contributed by atoms with Crippen molar-refractivity contribution in [3.05, 3.63) is 23.8 Å². The van der Waals surface area contributed by atoms with Crippen LogP contribution in [0, 0.1) is 11.3 Å². The second-order valence-electron chi connectivity index (χ2n) is 2.75. The Balaban J connectivity index is 0.00000169. The summed E-state index contributed by atoms with van der Waals surface area (Å²) in [7, 11) is 0. The molecule has 0 heterocycles. The molecule has 0 unspecified atom stereocenters. The molecular weight excluding hydrogens is 204 g/mol. The van der Waals surface area contributed by atoms with Gasteiger partial charge in [-0.2, -0.15) is 5.26 Å². The van der Waals surface area contributed by atoms with Crippen LogP contribution < -0.4 is 5.73 Å². The Morgan fingerprint density at radius 2 is 1.79 bits per heavy atom. The van der Waals surface area contributed by atoms with Crippen LogP contribution in [-0.2, 0) is 0 Å². The third-order valence-corrected chi connectivity index (χ3v) is 1.66. The lowest BCUT2D eigenvalue weighted by Crippen LogP contribution is -2.08. The molecule has 76 valence electrons. The lowest BCUT2D eigenvalue weighted by molar-refractivity contribution is 0.448. The van der Waals surface area contributed by atoms with Crippen LogP contribution in [0.5, 0.6) is 11.5 Å². The highest BCUT2D eigenvalue weighted by Crippen LogP contribution is 2.24.